The summed E-state index contributed by atoms with van der Waals surface area (Å²) in [5.74, 6) is -0.670. The number of carbonyl (C=O) groups is 1. The van der Waals surface area contributed by atoms with Crippen molar-refractivity contribution in [1.29, 1.82) is 0 Å². The fraction of sp³-hybridized carbons (Fsp3) is 0.788. The van der Waals surface area contributed by atoms with Gasteiger partial charge < -0.3 is 10.0 Å². The highest BCUT2D eigenvalue weighted by atomic mass is 16.4. The average Bonchev–Trinajstić information content (AvgIpc) is 2.86. The van der Waals surface area contributed by atoms with Crippen molar-refractivity contribution in [3.05, 3.63) is 35.9 Å². The molecule has 0 radical (unpaired) electrons. The predicted octanol–water partition coefficient (Wildman–Crippen LogP) is 10.1. The highest BCUT2D eigenvalue weighted by Gasteiger charge is 1.97. The molecule has 3 nitrogen and oxygen atoms in total. The summed E-state index contributed by atoms with van der Waals surface area (Å²) >= 11 is 0. The van der Waals surface area contributed by atoms with Crippen LogP contribution in [0.15, 0.2) is 30.3 Å². The van der Waals surface area contributed by atoms with Crippen molar-refractivity contribution in [2.45, 2.75) is 148 Å². The highest BCUT2D eigenvalue weighted by molar-refractivity contribution is 5.66. The summed E-state index contributed by atoms with van der Waals surface area (Å²) in [5.41, 5.74) is 1.50. The van der Waals surface area contributed by atoms with Crippen LogP contribution < -0.4 is 0 Å². The van der Waals surface area contributed by atoms with E-state index >= 15 is 0 Å². The molecule has 0 atom stereocenters. The van der Waals surface area contributed by atoms with Gasteiger partial charge in [-0.3, -0.25) is 4.79 Å². The maximum Gasteiger partial charge on any atom is 0.303 e. The largest absolute Gasteiger partial charge is 0.481 e. The fourth-order valence-electron chi connectivity index (χ4n) is 4.58. The molecule has 0 fully saturated rings. The zero-order chi connectivity index (χ0) is 26.5. The summed E-state index contributed by atoms with van der Waals surface area (Å²) < 4.78 is 0. The van der Waals surface area contributed by atoms with E-state index in [0.717, 1.165) is 12.8 Å². The van der Waals surface area contributed by atoms with Crippen LogP contribution in [0.1, 0.15) is 147 Å². The first-order chi connectivity index (χ1) is 17.6. The lowest BCUT2D eigenvalue weighted by molar-refractivity contribution is -0.137. The molecule has 0 saturated carbocycles. The maximum atomic E-state index is 10.0. The number of benzene rings is 1. The molecule has 1 aromatic rings. The Morgan fingerprint density at radius 1 is 0.611 bits per heavy atom. The molecule has 0 amide bonds. The molecule has 0 aliphatic heterocycles. The number of hydrogen-bond acceptors (Lipinski definition) is 2. The number of carboxylic acids is 1. The summed E-state index contributed by atoms with van der Waals surface area (Å²) in [4.78, 5) is 12.3. The molecule has 0 saturated heterocycles. The van der Waals surface area contributed by atoms with Crippen molar-refractivity contribution >= 4 is 5.97 Å². The normalized spacial score (nSPS) is 10.9. The van der Waals surface area contributed by atoms with Crippen molar-refractivity contribution < 1.29 is 9.90 Å². The lowest BCUT2D eigenvalue weighted by atomic mass is 10.0. The molecule has 36 heavy (non-hydrogen) atoms. The third-order valence-electron chi connectivity index (χ3n) is 6.91. The van der Waals surface area contributed by atoms with Crippen molar-refractivity contribution in [2.24, 2.45) is 0 Å². The van der Waals surface area contributed by atoms with Gasteiger partial charge in [-0.2, -0.15) is 0 Å². The van der Waals surface area contributed by atoms with Gasteiger partial charge >= 0.3 is 5.97 Å². The van der Waals surface area contributed by atoms with E-state index in [2.05, 4.69) is 56.3 Å². The molecule has 0 spiro atoms. The van der Waals surface area contributed by atoms with Gasteiger partial charge in [0.2, 0.25) is 0 Å². The quantitative estimate of drug-likeness (QED) is 0.143. The molecular formula is C33H61NO2. The Morgan fingerprint density at radius 3 is 1.47 bits per heavy atom. The van der Waals surface area contributed by atoms with Crippen LogP contribution >= 0.6 is 0 Å². The smallest absolute Gasteiger partial charge is 0.303 e. The number of rotatable bonds is 24. The number of aryl methyl sites for hydroxylation is 1. The van der Waals surface area contributed by atoms with E-state index in [1.54, 1.807) is 0 Å². The SMILES string of the molecule is CCCCCCCC(=O)O.CN(C)CCCCCCCCCCCCCCCCCc1ccccc1. The van der Waals surface area contributed by atoms with Crippen LogP contribution in [0, 0.1) is 0 Å². The molecule has 3 heteroatoms. The first-order valence-corrected chi connectivity index (χ1v) is 15.5. The summed E-state index contributed by atoms with van der Waals surface area (Å²) in [6, 6.07) is 10.9. The first-order valence-electron chi connectivity index (χ1n) is 15.5. The highest BCUT2D eigenvalue weighted by Crippen LogP contribution is 2.14. The van der Waals surface area contributed by atoms with Gasteiger partial charge in [-0.05, 0) is 51.9 Å². The van der Waals surface area contributed by atoms with Crippen LogP contribution in [-0.4, -0.2) is 36.6 Å². The summed E-state index contributed by atoms with van der Waals surface area (Å²) in [7, 11) is 4.35. The van der Waals surface area contributed by atoms with Crippen LogP contribution in [0.4, 0.5) is 0 Å². The fourth-order valence-corrected chi connectivity index (χ4v) is 4.58. The summed E-state index contributed by atoms with van der Waals surface area (Å²) in [6.07, 6.45) is 28.7. The van der Waals surface area contributed by atoms with E-state index in [9.17, 15) is 4.79 Å². The Kier molecular flexibility index (Phi) is 27.2. The van der Waals surface area contributed by atoms with Gasteiger partial charge in [-0.1, -0.05) is 146 Å². The Labute approximate surface area is 225 Å². The second-order valence-electron chi connectivity index (χ2n) is 10.9. The molecule has 0 heterocycles. The van der Waals surface area contributed by atoms with Gasteiger partial charge in [0.1, 0.15) is 0 Å². The molecule has 0 aliphatic carbocycles. The Hall–Kier alpha value is -1.35. The Morgan fingerprint density at radius 2 is 1.03 bits per heavy atom. The summed E-state index contributed by atoms with van der Waals surface area (Å²) in [5, 5.41) is 8.27. The molecule has 1 N–H and O–H groups in total. The number of nitrogens with zero attached hydrogens (tertiary/aromatic N) is 1. The number of hydrogen-bond donors (Lipinski definition) is 1. The second-order valence-corrected chi connectivity index (χ2v) is 10.9. The van der Waals surface area contributed by atoms with Crippen molar-refractivity contribution in [2.75, 3.05) is 20.6 Å². The number of carboxylic acid groups (broad SMARTS) is 1. The lowest BCUT2D eigenvalue weighted by Gasteiger charge is -2.08. The first kappa shape index (κ1) is 34.6. The Balaban J connectivity index is 0.00000103. The minimum atomic E-state index is -0.670. The van der Waals surface area contributed by atoms with Crippen molar-refractivity contribution in [3.8, 4) is 0 Å². The van der Waals surface area contributed by atoms with E-state index in [-0.39, 0.29) is 0 Å². The minimum absolute atomic E-state index is 0.337. The molecular weight excluding hydrogens is 442 g/mol. The van der Waals surface area contributed by atoms with E-state index in [1.165, 1.54) is 134 Å². The van der Waals surface area contributed by atoms with E-state index in [1.807, 2.05) is 0 Å². The van der Waals surface area contributed by atoms with Crippen molar-refractivity contribution in [1.82, 2.24) is 4.90 Å². The summed E-state index contributed by atoms with van der Waals surface area (Å²) in [6.45, 7) is 3.41. The van der Waals surface area contributed by atoms with Crippen LogP contribution in [-0.2, 0) is 11.2 Å². The van der Waals surface area contributed by atoms with Gasteiger partial charge in [0.15, 0.2) is 0 Å². The Bertz CT molecular complexity index is 558. The predicted molar refractivity (Wildman–Crippen MR) is 159 cm³/mol. The minimum Gasteiger partial charge on any atom is -0.481 e. The number of unbranched alkanes of at least 4 members (excludes halogenated alkanes) is 18. The second kappa shape index (κ2) is 28.2. The lowest BCUT2D eigenvalue weighted by Crippen LogP contribution is -2.12. The molecule has 0 unspecified atom stereocenters. The maximum absolute atomic E-state index is 10.0. The van der Waals surface area contributed by atoms with Crippen LogP contribution in [0.5, 0.6) is 0 Å². The zero-order valence-electron chi connectivity index (χ0n) is 24.5. The molecule has 0 bridgehead atoms. The molecule has 210 valence electrons. The topological polar surface area (TPSA) is 40.5 Å². The van der Waals surface area contributed by atoms with Gasteiger partial charge in [0, 0.05) is 6.42 Å². The molecule has 1 aromatic carbocycles. The van der Waals surface area contributed by atoms with Crippen LogP contribution in [0.2, 0.25) is 0 Å². The molecule has 1 rings (SSSR count). The van der Waals surface area contributed by atoms with Crippen LogP contribution in [0.3, 0.4) is 0 Å². The molecule has 0 aromatic heterocycles. The standard InChI is InChI=1S/C25H45N.C8H16O2/c1-26(2)24-20-15-13-11-9-7-5-3-4-6-8-10-12-14-17-21-25-22-18-16-19-23-25;1-2-3-4-5-6-7-8(9)10/h16,18-19,22-23H,3-15,17,20-21,24H2,1-2H3;2-7H2,1H3,(H,9,10). The average molecular weight is 504 g/mol. The molecule has 0 aliphatic rings. The van der Waals surface area contributed by atoms with E-state index in [0.29, 0.717) is 6.42 Å². The van der Waals surface area contributed by atoms with Gasteiger partial charge in [-0.25, -0.2) is 0 Å². The van der Waals surface area contributed by atoms with Crippen LogP contribution in [0.25, 0.3) is 0 Å². The van der Waals surface area contributed by atoms with E-state index in [4.69, 9.17) is 5.11 Å². The van der Waals surface area contributed by atoms with Crippen molar-refractivity contribution in [3.63, 3.8) is 0 Å². The van der Waals surface area contributed by atoms with Gasteiger partial charge in [0.25, 0.3) is 0 Å². The zero-order valence-corrected chi connectivity index (χ0v) is 24.5. The monoisotopic (exact) mass is 503 g/mol. The van der Waals surface area contributed by atoms with E-state index < -0.39 is 5.97 Å². The number of aliphatic carboxylic acids is 1. The third-order valence-corrected chi connectivity index (χ3v) is 6.91. The van der Waals surface area contributed by atoms with Gasteiger partial charge in [-0.15, -0.1) is 0 Å². The third kappa shape index (κ3) is 28.9. The van der Waals surface area contributed by atoms with Gasteiger partial charge in [0.05, 0.1) is 0 Å².